The molecule has 1 aliphatic rings. The van der Waals surface area contributed by atoms with Gasteiger partial charge in [-0.25, -0.2) is 0 Å². The maximum atomic E-state index is 11.5. The first-order valence-electron chi connectivity index (χ1n) is 7.07. The summed E-state index contributed by atoms with van der Waals surface area (Å²) in [7, 11) is 0. The fourth-order valence-electron chi connectivity index (χ4n) is 2.39. The van der Waals surface area contributed by atoms with Crippen molar-refractivity contribution in [3.05, 3.63) is 70.8 Å². The maximum Gasteiger partial charge on any atom is 0.310 e. The van der Waals surface area contributed by atoms with Crippen molar-refractivity contribution >= 4 is 28.9 Å². The molecule has 0 amide bonds. The average Bonchev–Trinajstić information content (AvgIpc) is 2.49. The highest BCUT2D eigenvalue weighted by atomic mass is 16.5. The van der Waals surface area contributed by atoms with E-state index >= 15 is 0 Å². The number of carbonyl (C=O) groups is 1. The maximum absolute atomic E-state index is 11.5. The summed E-state index contributed by atoms with van der Waals surface area (Å²) in [6.07, 6.45) is 10.0. The molecule has 0 saturated heterocycles. The van der Waals surface area contributed by atoms with Gasteiger partial charge >= 0.3 is 5.97 Å². The lowest BCUT2D eigenvalue weighted by molar-refractivity contribution is -0.138. The summed E-state index contributed by atoms with van der Waals surface area (Å²) in [5.41, 5.74) is 0. The van der Waals surface area contributed by atoms with Crippen LogP contribution >= 0.6 is 0 Å². The molecule has 2 heteroatoms. The highest BCUT2D eigenvalue weighted by molar-refractivity contribution is 5.85. The largest absolute Gasteiger partial charge is 0.427 e. The van der Waals surface area contributed by atoms with Gasteiger partial charge in [0.05, 0.1) is 0 Å². The third-order valence-electron chi connectivity index (χ3n) is 3.46. The number of benzene rings is 2. The molecule has 0 radical (unpaired) electrons. The Morgan fingerprint density at radius 3 is 2.71 bits per heavy atom. The Balaban J connectivity index is 2.26. The summed E-state index contributed by atoms with van der Waals surface area (Å²) >= 11 is 0. The van der Waals surface area contributed by atoms with Crippen LogP contribution in [-0.4, -0.2) is 5.97 Å². The molecule has 2 nitrogen and oxygen atoms in total. The molecule has 0 saturated carbocycles. The topological polar surface area (TPSA) is 26.3 Å². The van der Waals surface area contributed by atoms with E-state index in [9.17, 15) is 4.79 Å². The summed E-state index contributed by atoms with van der Waals surface area (Å²) < 4.78 is 5.38. The second-order valence-corrected chi connectivity index (χ2v) is 4.88. The number of carbonyl (C=O) groups excluding carboxylic acids is 1. The molecule has 1 aliphatic carbocycles. The first-order valence-corrected chi connectivity index (χ1v) is 7.07. The fourth-order valence-corrected chi connectivity index (χ4v) is 2.39. The van der Waals surface area contributed by atoms with Crippen molar-refractivity contribution in [3.8, 4) is 0 Å². The summed E-state index contributed by atoms with van der Waals surface area (Å²) in [6.45, 7) is 1.79. The van der Waals surface area contributed by atoms with E-state index in [2.05, 4.69) is 30.3 Å². The number of ether oxygens (including phenoxy) is 1. The van der Waals surface area contributed by atoms with Crippen molar-refractivity contribution in [2.75, 3.05) is 0 Å². The predicted octanol–water partition coefficient (Wildman–Crippen LogP) is 2.81. The van der Waals surface area contributed by atoms with Gasteiger partial charge < -0.3 is 4.74 Å². The van der Waals surface area contributed by atoms with Crippen LogP contribution in [0.3, 0.4) is 0 Å². The molecular weight excluding hydrogens is 260 g/mol. The van der Waals surface area contributed by atoms with Gasteiger partial charge in [-0.1, -0.05) is 61.5 Å². The second-order valence-electron chi connectivity index (χ2n) is 4.88. The van der Waals surface area contributed by atoms with Crippen molar-refractivity contribution in [1.82, 2.24) is 0 Å². The minimum atomic E-state index is -0.225. The van der Waals surface area contributed by atoms with Gasteiger partial charge in [-0.15, -0.1) is 0 Å². The number of esters is 1. The third-order valence-corrected chi connectivity index (χ3v) is 3.46. The molecule has 2 aromatic rings. The lowest BCUT2D eigenvalue weighted by Crippen LogP contribution is -2.26. The molecule has 0 atom stereocenters. The van der Waals surface area contributed by atoms with E-state index in [1.54, 1.807) is 6.92 Å². The predicted molar refractivity (Wildman–Crippen MR) is 85.7 cm³/mol. The second kappa shape index (κ2) is 5.80. The standard InChI is InChI=1S/C19H16O2/c1-2-19(20)21-16-9-5-3-8-15-12-11-14-7-4-6-10-17(14)18(15)13-16/h3-13H,2H2,1H3/b5-3-,8-3?,9-5?,15-8-,16-9+,16-13?,18-13+. The molecule has 21 heavy (non-hydrogen) atoms. The highest BCUT2D eigenvalue weighted by Crippen LogP contribution is 2.09. The Labute approximate surface area is 123 Å². The van der Waals surface area contributed by atoms with Gasteiger partial charge in [0.2, 0.25) is 0 Å². The number of fused-ring (bicyclic) bond motifs is 3. The van der Waals surface area contributed by atoms with E-state index in [0.29, 0.717) is 12.2 Å². The highest BCUT2D eigenvalue weighted by Gasteiger charge is 2.04. The number of hydrogen-bond acceptors (Lipinski definition) is 2. The molecule has 0 unspecified atom stereocenters. The Hall–Kier alpha value is -2.61. The van der Waals surface area contributed by atoms with Crippen molar-refractivity contribution in [2.45, 2.75) is 13.3 Å². The lowest BCUT2D eigenvalue weighted by Gasteiger charge is -2.06. The molecule has 0 fully saturated rings. The van der Waals surface area contributed by atoms with Crippen molar-refractivity contribution in [1.29, 1.82) is 0 Å². The molecule has 0 N–H and O–H groups in total. The number of hydrogen-bond donors (Lipinski definition) is 0. The monoisotopic (exact) mass is 276 g/mol. The van der Waals surface area contributed by atoms with Gasteiger partial charge in [0.15, 0.2) is 0 Å². The van der Waals surface area contributed by atoms with Crippen LogP contribution < -0.4 is 10.4 Å². The first kappa shape index (κ1) is 13.4. The van der Waals surface area contributed by atoms with E-state index in [-0.39, 0.29) is 5.97 Å². The Bertz CT molecular complexity index is 870. The van der Waals surface area contributed by atoms with E-state index in [4.69, 9.17) is 4.74 Å². The zero-order chi connectivity index (χ0) is 14.7. The molecule has 104 valence electrons. The molecule has 0 aliphatic heterocycles. The van der Waals surface area contributed by atoms with Gasteiger partial charge in [-0.2, -0.15) is 0 Å². The first-order chi connectivity index (χ1) is 10.3. The Morgan fingerprint density at radius 2 is 1.86 bits per heavy atom. The summed E-state index contributed by atoms with van der Waals surface area (Å²) in [6, 6.07) is 12.4. The molecule has 0 heterocycles. The van der Waals surface area contributed by atoms with Gasteiger partial charge in [-0.05, 0) is 33.4 Å². The third kappa shape index (κ3) is 2.79. The van der Waals surface area contributed by atoms with Gasteiger partial charge in [0.25, 0.3) is 0 Å². The smallest absolute Gasteiger partial charge is 0.310 e. The summed E-state index contributed by atoms with van der Waals surface area (Å²) in [5.74, 6) is 0.348. The van der Waals surface area contributed by atoms with E-state index in [0.717, 1.165) is 15.8 Å². The van der Waals surface area contributed by atoms with Crippen LogP contribution in [0.1, 0.15) is 13.3 Å². The normalized spacial score (nSPS) is 20.5. The Morgan fingerprint density at radius 1 is 1.05 bits per heavy atom. The van der Waals surface area contributed by atoms with Gasteiger partial charge in [0.1, 0.15) is 5.76 Å². The zero-order valence-electron chi connectivity index (χ0n) is 11.9. The van der Waals surface area contributed by atoms with E-state index in [1.165, 1.54) is 5.39 Å². The van der Waals surface area contributed by atoms with E-state index in [1.807, 2.05) is 36.4 Å². The molecule has 0 bridgehead atoms. The molecule has 3 rings (SSSR count). The fraction of sp³-hybridized carbons (Fsp3) is 0.105. The number of allylic oxidation sites excluding steroid dienone is 4. The van der Waals surface area contributed by atoms with Crippen molar-refractivity contribution in [2.24, 2.45) is 0 Å². The van der Waals surface area contributed by atoms with Crippen molar-refractivity contribution < 1.29 is 9.53 Å². The van der Waals surface area contributed by atoms with E-state index < -0.39 is 0 Å². The van der Waals surface area contributed by atoms with Crippen LogP contribution in [0.2, 0.25) is 0 Å². The van der Waals surface area contributed by atoms with Gasteiger partial charge in [-0.3, -0.25) is 4.79 Å². The lowest BCUT2D eigenvalue weighted by atomic mass is 10.0. The molecule has 2 aromatic carbocycles. The summed E-state index contributed by atoms with van der Waals surface area (Å²) in [5, 5.41) is 4.52. The summed E-state index contributed by atoms with van der Waals surface area (Å²) in [4.78, 5) is 11.5. The van der Waals surface area contributed by atoms with Crippen LogP contribution in [0.15, 0.2) is 60.4 Å². The zero-order valence-corrected chi connectivity index (χ0v) is 11.9. The van der Waals surface area contributed by atoms with Crippen LogP contribution in [0, 0.1) is 0 Å². The van der Waals surface area contributed by atoms with Crippen molar-refractivity contribution in [3.63, 3.8) is 0 Å². The molecule has 0 spiro atoms. The SMILES string of the molecule is CCC(=O)OC1=C/C=C\C=c2\ccc3ccccc3\c2=C\1. The average molecular weight is 276 g/mol. The minimum absolute atomic E-state index is 0.225. The molecular formula is C19H16O2. The van der Waals surface area contributed by atoms with Crippen LogP contribution in [0.4, 0.5) is 0 Å². The van der Waals surface area contributed by atoms with Gasteiger partial charge in [0, 0.05) is 6.42 Å². The Kier molecular flexibility index (Phi) is 3.69. The van der Waals surface area contributed by atoms with Crippen LogP contribution in [0.5, 0.6) is 0 Å². The minimum Gasteiger partial charge on any atom is -0.427 e. The van der Waals surface area contributed by atoms with Crippen LogP contribution in [-0.2, 0) is 9.53 Å². The molecule has 0 aromatic heterocycles. The number of rotatable bonds is 2. The van der Waals surface area contributed by atoms with Crippen LogP contribution in [0.25, 0.3) is 22.9 Å². The quantitative estimate of drug-likeness (QED) is 0.788.